The Morgan fingerprint density at radius 2 is 1.11 bits per heavy atom. The molecule has 4 nitrogen and oxygen atoms in total. The van der Waals surface area contributed by atoms with E-state index in [9.17, 15) is 9.59 Å². The maximum Gasteiger partial charge on any atom is 0.403 e. The highest BCUT2D eigenvalue weighted by Gasteiger charge is 2.26. The van der Waals surface area contributed by atoms with Crippen molar-refractivity contribution in [3.8, 4) is 22.9 Å². The molecular weight excluding hydrogens is 431 g/mol. The average molecular weight is 468 g/mol. The fourth-order valence-electron chi connectivity index (χ4n) is 0.986. The topological polar surface area (TPSA) is 52.6 Å². The molecule has 0 spiro atoms. The number of esters is 1. The van der Waals surface area contributed by atoms with Crippen LogP contribution in [0.25, 0.3) is 0 Å². The van der Waals surface area contributed by atoms with E-state index in [1.165, 1.54) is 14.2 Å². The van der Waals surface area contributed by atoms with Crippen molar-refractivity contribution in [1.29, 1.82) is 0 Å². The second kappa shape index (κ2) is 13.3. The lowest BCUT2D eigenvalue weighted by Gasteiger charge is -2.15. The van der Waals surface area contributed by atoms with E-state index >= 15 is 0 Å². The molecule has 0 unspecified atom stereocenters. The summed E-state index contributed by atoms with van der Waals surface area (Å²) in [5.74, 6) is 5.76. The fraction of sp³-hybridized carbons (Fsp3) is 0.700. The summed E-state index contributed by atoms with van der Waals surface area (Å²) >= 11 is 10.5. The normalized spacial score (nSPS) is 10.9. The maximum absolute atomic E-state index is 11.2. The van der Waals surface area contributed by atoms with Crippen LogP contribution in [-0.2, 0) is 14.3 Å². The van der Waals surface area contributed by atoms with Gasteiger partial charge in [-0.3, -0.25) is 4.79 Å². The Labute approximate surface area is 184 Å². The third-order valence-electron chi connectivity index (χ3n) is 2.34. The fourth-order valence-corrected chi connectivity index (χ4v) is 2.49. The van der Waals surface area contributed by atoms with Crippen molar-refractivity contribution in [1.82, 2.24) is 0 Å². The van der Waals surface area contributed by atoms with E-state index in [1.807, 2.05) is 13.8 Å². The number of rotatable bonds is 1. The van der Waals surface area contributed by atoms with E-state index < -0.39 is 27.0 Å². The van der Waals surface area contributed by atoms with E-state index in [-0.39, 0.29) is 10.8 Å². The minimum Gasteiger partial charge on any atom is -0.468 e. The summed E-state index contributed by atoms with van der Waals surface area (Å²) in [7, 11) is -0.000316. The molecule has 0 bridgehead atoms. The minimum atomic E-state index is -1.39. The van der Waals surface area contributed by atoms with Crippen molar-refractivity contribution in [3.05, 3.63) is 0 Å². The zero-order chi connectivity index (χ0) is 23.4. The van der Waals surface area contributed by atoms with Crippen molar-refractivity contribution in [2.24, 2.45) is 5.41 Å². The summed E-state index contributed by atoms with van der Waals surface area (Å²) in [6.45, 7) is 20.5. The van der Waals surface area contributed by atoms with Gasteiger partial charge in [0.15, 0.2) is 0 Å². The van der Waals surface area contributed by atoms with Gasteiger partial charge in [-0.05, 0) is 27.7 Å². The van der Waals surface area contributed by atoms with E-state index in [4.69, 9.17) is 11.6 Å². The number of hydrogen-bond donors (Lipinski definition) is 0. The molecule has 0 aromatic rings. The largest absolute Gasteiger partial charge is 0.468 e. The molecular formula is C20H36Cl2O4Si2. The molecule has 0 fully saturated rings. The standard InChI is InChI=1S/C10H18O2Si.C8H15ClSi.C2H3ClO2/c1-10(2,9(11)12-3)7-8-13(4,5)6;1-8(2,9)6-7-10(3,4)5;1-5-2(3)4/h1-6H3;1-5H3;1H3. The highest BCUT2D eigenvalue weighted by atomic mass is 35.5. The minimum absolute atomic E-state index is 0.266. The van der Waals surface area contributed by atoms with Gasteiger partial charge in [-0.15, -0.1) is 22.7 Å². The summed E-state index contributed by atoms with van der Waals surface area (Å²) in [6, 6.07) is 0. The predicted octanol–water partition coefficient (Wildman–Crippen LogP) is 5.94. The molecule has 0 rings (SSSR count). The van der Waals surface area contributed by atoms with Crippen LogP contribution in [-0.4, -0.2) is 46.6 Å². The van der Waals surface area contributed by atoms with Crippen molar-refractivity contribution < 1.29 is 19.1 Å². The van der Waals surface area contributed by atoms with Gasteiger partial charge in [-0.1, -0.05) is 51.1 Å². The first-order valence-corrected chi connectivity index (χ1v) is 16.5. The summed E-state index contributed by atoms with van der Waals surface area (Å²) in [4.78, 5) is 20.2. The number of alkyl halides is 1. The Morgan fingerprint density at radius 1 is 0.786 bits per heavy atom. The molecule has 28 heavy (non-hydrogen) atoms. The van der Waals surface area contributed by atoms with Crippen molar-refractivity contribution in [3.63, 3.8) is 0 Å². The lowest BCUT2D eigenvalue weighted by atomic mass is 9.95. The van der Waals surface area contributed by atoms with E-state index in [0.29, 0.717) is 0 Å². The molecule has 0 N–H and O–H groups in total. The van der Waals surface area contributed by atoms with Crippen LogP contribution in [0.15, 0.2) is 0 Å². The van der Waals surface area contributed by atoms with Crippen LogP contribution in [0.4, 0.5) is 4.79 Å². The van der Waals surface area contributed by atoms with Crippen LogP contribution in [0.1, 0.15) is 27.7 Å². The zero-order valence-electron chi connectivity index (χ0n) is 19.4. The van der Waals surface area contributed by atoms with Gasteiger partial charge in [-0.2, -0.15) is 0 Å². The number of carbonyl (C=O) groups excluding carboxylic acids is 2. The highest BCUT2D eigenvalue weighted by molar-refractivity contribution is 6.84. The van der Waals surface area contributed by atoms with Crippen molar-refractivity contribution >= 4 is 50.7 Å². The van der Waals surface area contributed by atoms with Gasteiger partial charge in [-0.25, -0.2) is 4.79 Å². The van der Waals surface area contributed by atoms with Crippen LogP contribution < -0.4 is 0 Å². The smallest absolute Gasteiger partial charge is 0.403 e. The van der Waals surface area contributed by atoms with Gasteiger partial charge in [0.1, 0.15) is 21.6 Å². The first-order valence-electron chi connectivity index (χ1n) is 8.76. The maximum atomic E-state index is 11.2. The first-order chi connectivity index (χ1) is 12.2. The lowest BCUT2D eigenvalue weighted by Crippen LogP contribution is -2.25. The van der Waals surface area contributed by atoms with Gasteiger partial charge in [0.25, 0.3) is 0 Å². The molecule has 0 saturated heterocycles. The Bertz CT molecular complexity index is 600. The Kier molecular flexibility index (Phi) is 15.1. The number of hydrogen-bond acceptors (Lipinski definition) is 4. The molecule has 0 amide bonds. The Morgan fingerprint density at radius 3 is 1.29 bits per heavy atom. The molecule has 0 aromatic heterocycles. The summed E-state index contributed by atoms with van der Waals surface area (Å²) < 4.78 is 8.53. The predicted molar refractivity (Wildman–Crippen MR) is 126 cm³/mol. The number of methoxy groups -OCH3 is 2. The van der Waals surface area contributed by atoms with Gasteiger partial charge in [0.05, 0.1) is 19.1 Å². The summed E-state index contributed by atoms with van der Waals surface area (Å²) in [5.41, 5.74) is 4.94. The molecule has 162 valence electrons. The van der Waals surface area contributed by atoms with Crippen molar-refractivity contribution in [2.75, 3.05) is 14.2 Å². The number of ether oxygens (including phenoxy) is 2. The van der Waals surface area contributed by atoms with Gasteiger partial charge < -0.3 is 9.47 Å². The van der Waals surface area contributed by atoms with Gasteiger partial charge in [0, 0.05) is 11.6 Å². The first kappa shape index (κ1) is 31.8. The van der Waals surface area contributed by atoms with Gasteiger partial charge in [0.2, 0.25) is 0 Å². The lowest BCUT2D eigenvalue weighted by molar-refractivity contribution is -0.147. The van der Waals surface area contributed by atoms with Crippen LogP contribution >= 0.6 is 23.2 Å². The monoisotopic (exact) mass is 466 g/mol. The molecule has 0 aliphatic carbocycles. The molecule has 0 aromatic carbocycles. The SMILES string of the molecule is CC(C)(Cl)C#C[Si](C)(C)C.COC(=O)C(C)(C)C#C[Si](C)(C)C.COC(=O)Cl. The summed E-state index contributed by atoms with van der Waals surface area (Å²) in [5, 5.41) is 0. The molecule has 0 aliphatic heterocycles. The Balaban J connectivity index is -0.000000368. The van der Waals surface area contributed by atoms with Crippen LogP contribution in [0, 0.1) is 28.3 Å². The number of carbonyl (C=O) groups is 2. The van der Waals surface area contributed by atoms with E-state index in [1.54, 1.807) is 13.8 Å². The van der Waals surface area contributed by atoms with Crippen LogP contribution in [0.3, 0.4) is 0 Å². The van der Waals surface area contributed by atoms with E-state index in [0.717, 1.165) is 0 Å². The van der Waals surface area contributed by atoms with Crippen LogP contribution in [0.5, 0.6) is 0 Å². The third-order valence-corrected chi connectivity index (χ3v) is 4.34. The molecule has 8 heteroatoms. The number of halogens is 2. The van der Waals surface area contributed by atoms with Crippen LogP contribution in [0.2, 0.25) is 39.3 Å². The zero-order valence-corrected chi connectivity index (χ0v) is 22.9. The molecule has 0 aliphatic rings. The molecule has 0 heterocycles. The Hall–Kier alpha value is -0.926. The molecule has 0 radical (unpaired) electrons. The van der Waals surface area contributed by atoms with Crippen molar-refractivity contribution in [2.45, 2.75) is 71.9 Å². The third kappa shape index (κ3) is 27.3. The molecule has 0 saturated carbocycles. The summed E-state index contributed by atoms with van der Waals surface area (Å²) in [6.07, 6.45) is 0. The average Bonchev–Trinajstić information content (AvgIpc) is 2.49. The van der Waals surface area contributed by atoms with Gasteiger partial charge >= 0.3 is 11.4 Å². The second-order valence-corrected chi connectivity index (χ2v) is 19.8. The van der Waals surface area contributed by atoms with E-state index in [2.05, 4.69) is 83.3 Å². The highest BCUT2D eigenvalue weighted by Crippen LogP contribution is 2.15. The molecule has 0 atom stereocenters. The quantitative estimate of drug-likeness (QED) is 0.157. The second-order valence-electron chi connectivity index (χ2n) is 9.03.